The summed E-state index contributed by atoms with van der Waals surface area (Å²) in [4.78, 5) is 11.7. The van der Waals surface area contributed by atoms with Crippen molar-refractivity contribution in [3.63, 3.8) is 0 Å². The summed E-state index contributed by atoms with van der Waals surface area (Å²) in [6.07, 6.45) is 4.33. The molecule has 1 aliphatic carbocycles. The van der Waals surface area contributed by atoms with Gasteiger partial charge in [-0.1, -0.05) is 25.0 Å². The van der Waals surface area contributed by atoms with Crippen LogP contribution in [0.1, 0.15) is 31.2 Å². The second kappa shape index (κ2) is 6.80. The zero-order chi connectivity index (χ0) is 13.7. The molecule has 5 heteroatoms. The van der Waals surface area contributed by atoms with E-state index in [1.165, 1.54) is 12.1 Å². The molecule has 1 amide bonds. The highest BCUT2D eigenvalue weighted by Gasteiger charge is 2.18. The smallest absolute Gasteiger partial charge is 0.232 e. The first-order valence-electron chi connectivity index (χ1n) is 6.52. The van der Waals surface area contributed by atoms with E-state index in [4.69, 9.17) is 0 Å². The van der Waals surface area contributed by atoms with Crippen molar-refractivity contribution in [3.8, 4) is 0 Å². The Bertz CT molecular complexity index is 472. The summed E-state index contributed by atoms with van der Waals surface area (Å²) in [5.41, 5.74) is 0.659. The van der Waals surface area contributed by atoms with Gasteiger partial charge in [-0.2, -0.15) is 0 Å². The van der Waals surface area contributed by atoms with Crippen molar-refractivity contribution in [3.05, 3.63) is 35.6 Å². The molecule has 1 N–H and O–H groups in total. The molecule has 0 heterocycles. The van der Waals surface area contributed by atoms with Crippen LogP contribution in [-0.4, -0.2) is 21.9 Å². The molecule has 104 valence electrons. The van der Waals surface area contributed by atoms with Gasteiger partial charge in [-0.25, -0.2) is 4.39 Å². The quantitative estimate of drug-likeness (QED) is 0.900. The first-order valence-corrected chi connectivity index (χ1v) is 8.01. The Morgan fingerprint density at radius 1 is 1.37 bits per heavy atom. The molecule has 1 aromatic carbocycles. The molecule has 19 heavy (non-hydrogen) atoms. The van der Waals surface area contributed by atoms with Crippen molar-refractivity contribution < 1.29 is 13.4 Å². The molecule has 0 radical (unpaired) electrons. The molecule has 1 saturated carbocycles. The minimum absolute atomic E-state index is 0.00693. The first-order chi connectivity index (χ1) is 9.13. The molecule has 0 spiro atoms. The second-order valence-corrected chi connectivity index (χ2v) is 6.36. The van der Waals surface area contributed by atoms with Gasteiger partial charge in [-0.3, -0.25) is 9.00 Å². The fourth-order valence-electron chi connectivity index (χ4n) is 2.35. The minimum Gasteiger partial charge on any atom is -0.353 e. The molecule has 1 atom stereocenters. The van der Waals surface area contributed by atoms with E-state index < -0.39 is 10.8 Å². The predicted octanol–water partition coefficient (Wildman–Crippen LogP) is 2.13. The van der Waals surface area contributed by atoms with Gasteiger partial charge in [-0.15, -0.1) is 0 Å². The summed E-state index contributed by atoms with van der Waals surface area (Å²) in [7, 11) is -1.29. The van der Waals surface area contributed by atoms with E-state index >= 15 is 0 Å². The highest BCUT2D eigenvalue weighted by molar-refractivity contribution is 7.84. The van der Waals surface area contributed by atoms with Crippen molar-refractivity contribution >= 4 is 16.7 Å². The van der Waals surface area contributed by atoms with E-state index in [1.54, 1.807) is 12.1 Å². The lowest BCUT2D eigenvalue weighted by atomic mass is 10.2. The van der Waals surface area contributed by atoms with Crippen LogP contribution in [0, 0.1) is 5.82 Å². The highest BCUT2D eigenvalue weighted by Crippen LogP contribution is 2.17. The van der Waals surface area contributed by atoms with Crippen molar-refractivity contribution in [1.29, 1.82) is 0 Å². The summed E-state index contributed by atoms with van der Waals surface area (Å²) in [5.74, 6) is -0.297. The van der Waals surface area contributed by atoms with Gasteiger partial charge in [0.15, 0.2) is 0 Å². The fourth-order valence-corrected chi connectivity index (χ4v) is 3.38. The molecule has 3 nitrogen and oxygen atoms in total. The average Bonchev–Trinajstić information content (AvgIpc) is 2.81. The number of hydrogen-bond donors (Lipinski definition) is 1. The van der Waals surface area contributed by atoms with Crippen molar-refractivity contribution in [2.45, 2.75) is 37.5 Å². The standard InChI is InChI=1S/C14H18FNO2S/c15-12-5-3-4-11(8-12)9-19(18)10-14(17)16-13-6-1-2-7-13/h3-5,8,13H,1-2,6-7,9-10H2,(H,16,17). The number of rotatable bonds is 5. The van der Waals surface area contributed by atoms with Gasteiger partial charge in [0, 0.05) is 22.6 Å². The topological polar surface area (TPSA) is 46.2 Å². The molecule has 1 unspecified atom stereocenters. The third-order valence-corrected chi connectivity index (χ3v) is 4.47. The number of halogens is 1. The maximum absolute atomic E-state index is 13.0. The van der Waals surface area contributed by atoms with Crippen LogP contribution in [-0.2, 0) is 21.3 Å². The van der Waals surface area contributed by atoms with Crippen LogP contribution in [0.3, 0.4) is 0 Å². The lowest BCUT2D eigenvalue weighted by Gasteiger charge is -2.11. The van der Waals surface area contributed by atoms with E-state index in [1.807, 2.05) is 0 Å². The SMILES string of the molecule is O=C(CS(=O)Cc1cccc(F)c1)NC1CCCC1. The average molecular weight is 283 g/mol. The third kappa shape index (κ3) is 4.74. The molecule has 1 fully saturated rings. The van der Waals surface area contributed by atoms with Gasteiger partial charge in [0.25, 0.3) is 0 Å². The van der Waals surface area contributed by atoms with Gasteiger partial charge in [0.05, 0.1) is 0 Å². The van der Waals surface area contributed by atoms with E-state index in [-0.39, 0.29) is 29.3 Å². The van der Waals surface area contributed by atoms with Crippen LogP contribution in [0.2, 0.25) is 0 Å². The van der Waals surface area contributed by atoms with E-state index in [9.17, 15) is 13.4 Å². The fraction of sp³-hybridized carbons (Fsp3) is 0.500. The lowest BCUT2D eigenvalue weighted by Crippen LogP contribution is -2.35. The monoisotopic (exact) mass is 283 g/mol. The predicted molar refractivity (Wildman–Crippen MR) is 73.5 cm³/mol. The van der Waals surface area contributed by atoms with Crippen molar-refractivity contribution in [2.24, 2.45) is 0 Å². The number of hydrogen-bond acceptors (Lipinski definition) is 2. The van der Waals surface area contributed by atoms with Crippen molar-refractivity contribution in [1.82, 2.24) is 5.32 Å². The third-order valence-electron chi connectivity index (χ3n) is 3.23. The van der Waals surface area contributed by atoms with Crippen LogP contribution in [0.15, 0.2) is 24.3 Å². The number of amides is 1. The number of nitrogens with one attached hydrogen (secondary N) is 1. The van der Waals surface area contributed by atoms with Gasteiger partial charge in [0.1, 0.15) is 11.6 Å². The zero-order valence-electron chi connectivity index (χ0n) is 10.7. The van der Waals surface area contributed by atoms with Crippen LogP contribution >= 0.6 is 0 Å². The Labute approximate surface area is 115 Å². The molecule has 0 aromatic heterocycles. The highest BCUT2D eigenvalue weighted by atomic mass is 32.2. The maximum Gasteiger partial charge on any atom is 0.232 e. The molecular formula is C14H18FNO2S. The Morgan fingerprint density at radius 3 is 2.79 bits per heavy atom. The Kier molecular flexibility index (Phi) is 5.07. The van der Waals surface area contributed by atoms with Gasteiger partial charge >= 0.3 is 0 Å². The molecule has 2 rings (SSSR count). The summed E-state index contributed by atoms with van der Waals surface area (Å²) in [6, 6.07) is 6.25. The van der Waals surface area contributed by atoms with Gasteiger partial charge in [-0.05, 0) is 30.5 Å². The molecule has 0 bridgehead atoms. The molecule has 1 aliphatic rings. The largest absolute Gasteiger partial charge is 0.353 e. The lowest BCUT2D eigenvalue weighted by molar-refractivity contribution is -0.119. The Balaban J connectivity index is 1.78. The normalized spacial score (nSPS) is 17.3. The van der Waals surface area contributed by atoms with Crippen LogP contribution < -0.4 is 5.32 Å². The van der Waals surface area contributed by atoms with Gasteiger partial charge in [0.2, 0.25) is 5.91 Å². The van der Waals surface area contributed by atoms with Gasteiger partial charge < -0.3 is 5.32 Å². The van der Waals surface area contributed by atoms with E-state index in [0.717, 1.165) is 25.7 Å². The Hall–Kier alpha value is -1.23. The van der Waals surface area contributed by atoms with Crippen LogP contribution in [0.25, 0.3) is 0 Å². The van der Waals surface area contributed by atoms with Crippen LogP contribution in [0.5, 0.6) is 0 Å². The summed E-state index contributed by atoms with van der Waals surface area (Å²) >= 11 is 0. The molecule has 0 aliphatic heterocycles. The minimum atomic E-state index is -1.29. The second-order valence-electron chi connectivity index (χ2n) is 4.91. The zero-order valence-corrected chi connectivity index (χ0v) is 11.5. The maximum atomic E-state index is 13.0. The molecule has 1 aromatic rings. The summed E-state index contributed by atoms with van der Waals surface area (Å²) in [5, 5.41) is 2.90. The number of benzene rings is 1. The van der Waals surface area contributed by atoms with Crippen molar-refractivity contribution in [2.75, 3.05) is 5.75 Å². The molecule has 0 saturated heterocycles. The van der Waals surface area contributed by atoms with Crippen LogP contribution in [0.4, 0.5) is 4.39 Å². The number of carbonyl (C=O) groups excluding carboxylic acids is 1. The first kappa shape index (κ1) is 14.2. The number of carbonyl (C=O) groups is 1. The van der Waals surface area contributed by atoms with E-state index in [0.29, 0.717) is 5.56 Å². The Morgan fingerprint density at radius 2 is 2.11 bits per heavy atom. The summed E-state index contributed by atoms with van der Waals surface area (Å²) in [6.45, 7) is 0. The van der Waals surface area contributed by atoms with E-state index in [2.05, 4.69) is 5.32 Å². The molecular weight excluding hydrogens is 265 g/mol. The summed E-state index contributed by atoms with van der Waals surface area (Å²) < 4.78 is 24.8.